The van der Waals surface area contributed by atoms with Crippen molar-refractivity contribution in [3.63, 3.8) is 0 Å². The predicted octanol–water partition coefficient (Wildman–Crippen LogP) is 2.27. The van der Waals surface area contributed by atoms with Gasteiger partial charge in [-0.05, 0) is 26.7 Å². The Morgan fingerprint density at radius 2 is 1.87 bits per heavy atom. The zero-order valence-electron chi connectivity index (χ0n) is 8.92. The van der Waals surface area contributed by atoms with Crippen LogP contribution in [0.3, 0.4) is 0 Å². The van der Waals surface area contributed by atoms with Crippen LogP contribution >= 0.6 is 7.60 Å². The van der Waals surface area contributed by atoms with E-state index in [1.165, 1.54) is 0 Å². The van der Waals surface area contributed by atoms with Crippen molar-refractivity contribution in [2.45, 2.75) is 32.5 Å². The summed E-state index contributed by atoms with van der Waals surface area (Å²) in [5.41, 5.74) is 0. The Bertz CT molecular complexity index is 268. The molecule has 15 heavy (non-hydrogen) atoms. The third-order valence-electron chi connectivity index (χ3n) is 2.20. The molecule has 0 saturated heterocycles. The highest BCUT2D eigenvalue weighted by Crippen LogP contribution is 2.60. The lowest BCUT2D eigenvalue weighted by molar-refractivity contribution is -0.505. The molecule has 6 nitrogen and oxygen atoms in total. The summed E-state index contributed by atoms with van der Waals surface area (Å²) >= 11 is 0. The van der Waals surface area contributed by atoms with Crippen molar-refractivity contribution in [3.8, 4) is 0 Å². The molecule has 1 aliphatic rings. The molecule has 1 aliphatic carbocycles. The van der Waals surface area contributed by atoms with E-state index in [2.05, 4.69) is 0 Å². The van der Waals surface area contributed by atoms with Crippen molar-refractivity contribution in [3.05, 3.63) is 10.1 Å². The molecule has 88 valence electrons. The SMILES string of the molecule is CCOP(=O)(OCC)[C@H](C1CC1)[N+](=O)[O-]. The molecule has 1 saturated carbocycles. The highest BCUT2D eigenvalue weighted by molar-refractivity contribution is 7.54. The molecular weight excluding hydrogens is 221 g/mol. The zero-order valence-corrected chi connectivity index (χ0v) is 9.81. The first-order valence-electron chi connectivity index (χ1n) is 5.07. The first-order chi connectivity index (χ1) is 7.05. The molecule has 0 spiro atoms. The molecule has 1 fully saturated rings. The first kappa shape index (κ1) is 12.6. The fourth-order valence-electron chi connectivity index (χ4n) is 1.49. The summed E-state index contributed by atoms with van der Waals surface area (Å²) in [6.07, 6.45) is 1.46. The van der Waals surface area contributed by atoms with Crippen LogP contribution in [0.25, 0.3) is 0 Å². The molecule has 0 N–H and O–H groups in total. The molecule has 7 heteroatoms. The van der Waals surface area contributed by atoms with E-state index >= 15 is 0 Å². The van der Waals surface area contributed by atoms with Crippen molar-refractivity contribution in [1.82, 2.24) is 0 Å². The summed E-state index contributed by atoms with van der Waals surface area (Å²) in [7, 11) is -3.58. The molecule has 0 amide bonds. The molecule has 0 aromatic heterocycles. The van der Waals surface area contributed by atoms with E-state index in [-0.39, 0.29) is 19.1 Å². The standard InChI is InChI=1S/C8H16NO5P/c1-3-13-15(12,14-4-2)8(9(10)11)7-5-6-7/h7-8H,3-6H2,1-2H3/t8-/m1/s1. The average molecular weight is 237 g/mol. The van der Waals surface area contributed by atoms with E-state index in [9.17, 15) is 14.7 Å². The first-order valence-corrected chi connectivity index (χ1v) is 6.68. The van der Waals surface area contributed by atoms with Gasteiger partial charge in [0.05, 0.1) is 13.2 Å². The molecule has 0 heterocycles. The van der Waals surface area contributed by atoms with Gasteiger partial charge in [0.2, 0.25) is 0 Å². The van der Waals surface area contributed by atoms with Gasteiger partial charge in [0.1, 0.15) is 0 Å². The minimum atomic E-state index is -3.58. The van der Waals surface area contributed by atoms with E-state index in [1.54, 1.807) is 13.8 Å². The van der Waals surface area contributed by atoms with E-state index < -0.39 is 18.3 Å². The minimum absolute atomic E-state index is 0.149. The van der Waals surface area contributed by atoms with Crippen LogP contribution in [0.15, 0.2) is 0 Å². The van der Waals surface area contributed by atoms with Gasteiger partial charge in [0, 0.05) is 10.8 Å². The van der Waals surface area contributed by atoms with Crippen LogP contribution in [0.1, 0.15) is 26.7 Å². The largest absolute Gasteiger partial charge is 0.404 e. The molecule has 0 bridgehead atoms. The van der Waals surface area contributed by atoms with Gasteiger partial charge in [-0.15, -0.1) is 0 Å². The summed E-state index contributed by atoms with van der Waals surface area (Å²) in [5.74, 6) is -1.33. The van der Waals surface area contributed by atoms with Gasteiger partial charge in [0.25, 0.3) is 0 Å². The van der Waals surface area contributed by atoms with Gasteiger partial charge in [-0.1, -0.05) is 0 Å². The van der Waals surface area contributed by atoms with E-state index in [4.69, 9.17) is 9.05 Å². The van der Waals surface area contributed by atoms with Crippen molar-refractivity contribution >= 4 is 7.60 Å². The Hall–Kier alpha value is -0.450. The van der Waals surface area contributed by atoms with Crippen molar-refractivity contribution in [2.24, 2.45) is 5.92 Å². The molecule has 0 aromatic carbocycles. The molecular formula is C8H16NO5P. The molecule has 0 radical (unpaired) electrons. The van der Waals surface area contributed by atoms with Gasteiger partial charge < -0.3 is 9.05 Å². The summed E-state index contributed by atoms with van der Waals surface area (Å²) in [6, 6.07) is 0. The lowest BCUT2D eigenvalue weighted by atomic mass is 10.4. The van der Waals surface area contributed by atoms with E-state index in [0.29, 0.717) is 0 Å². The third kappa shape index (κ3) is 3.00. The Morgan fingerprint density at radius 1 is 1.40 bits per heavy atom. The van der Waals surface area contributed by atoms with Crippen LogP contribution < -0.4 is 0 Å². The Kier molecular flexibility index (Phi) is 4.25. The Balaban J connectivity index is 2.83. The molecule has 0 unspecified atom stereocenters. The second-order valence-corrected chi connectivity index (χ2v) is 5.54. The molecule has 1 rings (SSSR count). The fraction of sp³-hybridized carbons (Fsp3) is 1.00. The van der Waals surface area contributed by atoms with Crippen LogP contribution in [0.2, 0.25) is 0 Å². The fourth-order valence-corrected chi connectivity index (χ4v) is 3.64. The third-order valence-corrected chi connectivity index (χ3v) is 4.70. The highest BCUT2D eigenvalue weighted by atomic mass is 31.2. The lowest BCUT2D eigenvalue weighted by Gasteiger charge is -2.19. The van der Waals surface area contributed by atoms with Gasteiger partial charge in [-0.3, -0.25) is 14.7 Å². The van der Waals surface area contributed by atoms with Gasteiger partial charge in [0.15, 0.2) is 0 Å². The van der Waals surface area contributed by atoms with Crippen molar-refractivity contribution < 1.29 is 18.5 Å². The summed E-state index contributed by atoms with van der Waals surface area (Å²) < 4.78 is 22.1. The molecule has 1 atom stereocenters. The van der Waals surface area contributed by atoms with E-state index in [1.807, 2.05) is 0 Å². The van der Waals surface area contributed by atoms with Gasteiger partial charge in [-0.25, -0.2) is 0 Å². The maximum atomic E-state index is 12.2. The van der Waals surface area contributed by atoms with Crippen LogP contribution in [0, 0.1) is 16.0 Å². The van der Waals surface area contributed by atoms with Crippen LogP contribution in [0.5, 0.6) is 0 Å². The average Bonchev–Trinajstić information content (AvgIpc) is 2.88. The zero-order chi connectivity index (χ0) is 11.5. The number of hydrogen-bond acceptors (Lipinski definition) is 5. The van der Waals surface area contributed by atoms with Crippen LogP contribution in [-0.2, 0) is 13.6 Å². The summed E-state index contributed by atoms with van der Waals surface area (Å²) in [5, 5.41) is 10.9. The van der Waals surface area contributed by atoms with Crippen molar-refractivity contribution in [1.29, 1.82) is 0 Å². The van der Waals surface area contributed by atoms with E-state index in [0.717, 1.165) is 12.8 Å². The number of hydrogen-bond donors (Lipinski definition) is 0. The second-order valence-electron chi connectivity index (χ2n) is 3.41. The Morgan fingerprint density at radius 3 is 2.13 bits per heavy atom. The smallest absolute Gasteiger partial charge is 0.304 e. The maximum absolute atomic E-state index is 12.2. The lowest BCUT2D eigenvalue weighted by Crippen LogP contribution is -2.24. The second kappa shape index (κ2) is 5.05. The monoisotopic (exact) mass is 237 g/mol. The molecule has 0 aliphatic heterocycles. The molecule has 0 aromatic rings. The number of nitrogens with zero attached hydrogens (tertiary/aromatic N) is 1. The highest BCUT2D eigenvalue weighted by Gasteiger charge is 2.54. The summed E-state index contributed by atoms with van der Waals surface area (Å²) in [4.78, 5) is 10.3. The van der Waals surface area contributed by atoms with Crippen LogP contribution in [-0.4, -0.2) is 23.9 Å². The van der Waals surface area contributed by atoms with Gasteiger partial charge in [-0.2, -0.15) is 0 Å². The van der Waals surface area contributed by atoms with Crippen molar-refractivity contribution in [2.75, 3.05) is 13.2 Å². The van der Waals surface area contributed by atoms with Gasteiger partial charge >= 0.3 is 13.4 Å². The quantitative estimate of drug-likeness (QED) is 0.385. The number of nitro groups is 1. The Labute approximate surface area is 88.6 Å². The topological polar surface area (TPSA) is 78.7 Å². The minimum Gasteiger partial charge on any atom is -0.304 e. The van der Waals surface area contributed by atoms with Crippen LogP contribution in [0.4, 0.5) is 0 Å². The summed E-state index contributed by atoms with van der Waals surface area (Å²) in [6.45, 7) is 3.62. The predicted molar refractivity (Wildman–Crippen MR) is 54.4 cm³/mol. The number of rotatable bonds is 7. The normalized spacial score (nSPS) is 18.8. The maximum Gasteiger partial charge on any atom is 0.404 e.